The highest BCUT2D eigenvalue weighted by atomic mass is 16.2. The Morgan fingerprint density at radius 2 is 1.65 bits per heavy atom. The number of nitriles is 1. The first-order valence-corrected chi connectivity index (χ1v) is 6.99. The summed E-state index contributed by atoms with van der Waals surface area (Å²) in [6, 6.07) is 2.53. The van der Waals surface area contributed by atoms with Crippen molar-refractivity contribution in [1.82, 2.24) is 5.32 Å². The van der Waals surface area contributed by atoms with Crippen LogP contribution in [0.25, 0.3) is 0 Å². The van der Waals surface area contributed by atoms with Crippen molar-refractivity contribution in [1.29, 1.82) is 5.26 Å². The molecule has 0 aliphatic heterocycles. The van der Waals surface area contributed by atoms with Gasteiger partial charge in [0.2, 0.25) is 5.91 Å². The zero-order valence-corrected chi connectivity index (χ0v) is 10.5. The van der Waals surface area contributed by atoms with E-state index in [2.05, 4.69) is 11.4 Å². The Hall–Kier alpha value is -1.04. The topological polar surface area (TPSA) is 52.9 Å². The highest BCUT2D eigenvalue weighted by Crippen LogP contribution is 2.40. The van der Waals surface area contributed by atoms with Gasteiger partial charge < -0.3 is 5.32 Å². The molecular formula is C14H22N2O. The summed E-state index contributed by atoms with van der Waals surface area (Å²) in [5.41, 5.74) is -0.678. The molecule has 1 amide bonds. The molecule has 0 aromatic carbocycles. The fourth-order valence-electron chi connectivity index (χ4n) is 2.84. The molecule has 2 rings (SSSR count). The molecule has 2 aliphatic rings. The lowest BCUT2D eigenvalue weighted by Gasteiger charge is -2.35. The molecule has 2 aliphatic carbocycles. The molecule has 0 radical (unpaired) electrons. The highest BCUT2D eigenvalue weighted by Gasteiger charge is 2.45. The van der Waals surface area contributed by atoms with Crippen molar-refractivity contribution in [2.24, 2.45) is 5.41 Å². The van der Waals surface area contributed by atoms with E-state index in [0.717, 1.165) is 32.1 Å². The summed E-state index contributed by atoms with van der Waals surface area (Å²) < 4.78 is 0. The lowest BCUT2D eigenvalue weighted by Crippen LogP contribution is -2.48. The van der Waals surface area contributed by atoms with Gasteiger partial charge in [0.25, 0.3) is 0 Å². The fraction of sp³-hybridized carbons (Fsp3) is 0.857. The van der Waals surface area contributed by atoms with Crippen molar-refractivity contribution < 1.29 is 4.79 Å². The molecule has 0 heterocycles. The Morgan fingerprint density at radius 3 is 2.12 bits per heavy atom. The van der Waals surface area contributed by atoms with Gasteiger partial charge in [0.1, 0.15) is 5.41 Å². The zero-order chi connectivity index (χ0) is 12.1. The summed E-state index contributed by atoms with van der Waals surface area (Å²) in [6.07, 6.45) is 11.0. The first-order chi connectivity index (χ1) is 8.27. The van der Waals surface area contributed by atoms with Crippen molar-refractivity contribution in [2.75, 3.05) is 0 Å². The van der Waals surface area contributed by atoms with E-state index in [1.54, 1.807) is 0 Å². The average Bonchev–Trinajstić information content (AvgIpc) is 2.21. The van der Waals surface area contributed by atoms with E-state index in [1.165, 1.54) is 32.1 Å². The average molecular weight is 234 g/mol. The largest absolute Gasteiger partial charge is 0.352 e. The SMILES string of the molecule is N#CC1(C(=O)NC2CCCCCCC2)CCC1. The molecular weight excluding hydrogens is 212 g/mol. The molecule has 1 N–H and O–H groups in total. The van der Waals surface area contributed by atoms with Crippen molar-refractivity contribution in [2.45, 2.75) is 70.3 Å². The number of carbonyl (C=O) groups is 1. The lowest BCUT2D eigenvalue weighted by atomic mass is 9.69. The third-order valence-corrected chi connectivity index (χ3v) is 4.30. The number of nitrogens with zero attached hydrogens (tertiary/aromatic N) is 1. The van der Waals surface area contributed by atoms with Gasteiger partial charge in [0, 0.05) is 6.04 Å². The summed E-state index contributed by atoms with van der Waals surface area (Å²) in [7, 11) is 0. The number of hydrogen-bond donors (Lipinski definition) is 1. The number of carbonyl (C=O) groups excluding carboxylic acids is 1. The van der Waals surface area contributed by atoms with Gasteiger partial charge in [-0.05, 0) is 32.1 Å². The minimum atomic E-state index is -0.678. The normalized spacial score (nSPS) is 24.9. The second kappa shape index (κ2) is 5.53. The number of hydrogen-bond acceptors (Lipinski definition) is 2. The molecule has 0 atom stereocenters. The fourth-order valence-corrected chi connectivity index (χ4v) is 2.84. The van der Waals surface area contributed by atoms with E-state index < -0.39 is 5.41 Å². The number of nitrogens with one attached hydrogen (secondary N) is 1. The van der Waals surface area contributed by atoms with Crippen LogP contribution in [0.4, 0.5) is 0 Å². The molecule has 2 fully saturated rings. The summed E-state index contributed by atoms with van der Waals surface area (Å²) >= 11 is 0. The van der Waals surface area contributed by atoms with Crippen LogP contribution >= 0.6 is 0 Å². The zero-order valence-electron chi connectivity index (χ0n) is 10.5. The van der Waals surface area contributed by atoms with E-state index in [0.29, 0.717) is 6.04 Å². The molecule has 0 bridgehead atoms. The van der Waals surface area contributed by atoms with Crippen LogP contribution < -0.4 is 5.32 Å². The molecule has 0 saturated heterocycles. The maximum Gasteiger partial charge on any atom is 0.240 e. The lowest BCUT2D eigenvalue weighted by molar-refractivity contribution is -0.132. The molecule has 3 nitrogen and oxygen atoms in total. The summed E-state index contributed by atoms with van der Waals surface area (Å²) in [5.74, 6) is -0.00294. The van der Waals surface area contributed by atoms with Crippen LogP contribution in [0.5, 0.6) is 0 Å². The molecule has 3 heteroatoms. The van der Waals surface area contributed by atoms with Gasteiger partial charge >= 0.3 is 0 Å². The Bertz CT molecular complexity index is 307. The monoisotopic (exact) mass is 234 g/mol. The van der Waals surface area contributed by atoms with Crippen LogP contribution in [0.2, 0.25) is 0 Å². The molecule has 17 heavy (non-hydrogen) atoms. The maximum absolute atomic E-state index is 12.1. The van der Waals surface area contributed by atoms with Crippen LogP contribution in [0.15, 0.2) is 0 Å². The molecule has 0 aromatic rings. The smallest absolute Gasteiger partial charge is 0.240 e. The van der Waals surface area contributed by atoms with Gasteiger partial charge in [-0.3, -0.25) is 4.79 Å². The van der Waals surface area contributed by atoms with E-state index in [4.69, 9.17) is 5.26 Å². The van der Waals surface area contributed by atoms with Crippen molar-refractivity contribution in [3.63, 3.8) is 0 Å². The van der Waals surface area contributed by atoms with Crippen molar-refractivity contribution in [3.05, 3.63) is 0 Å². The van der Waals surface area contributed by atoms with E-state index in [-0.39, 0.29) is 5.91 Å². The van der Waals surface area contributed by atoms with E-state index in [1.807, 2.05) is 0 Å². The maximum atomic E-state index is 12.1. The van der Waals surface area contributed by atoms with E-state index >= 15 is 0 Å². The van der Waals surface area contributed by atoms with Gasteiger partial charge in [0.05, 0.1) is 6.07 Å². The molecule has 94 valence electrons. The summed E-state index contributed by atoms with van der Waals surface area (Å²) in [5, 5.41) is 12.2. The molecule has 2 saturated carbocycles. The first kappa shape index (κ1) is 12.4. The van der Waals surface area contributed by atoms with Gasteiger partial charge in [0.15, 0.2) is 0 Å². The summed E-state index contributed by atoms with van der Waals surface area (Å²) in [6.45, 7) is 0. The van der Waals surface area contributed by atoms with Gasteiger partial charge in [-0.2, -0.15) is 5.26 Å². The molecule has 0 unspecified atom stereocenters. The second-order valence-electron chi connectivity index (χ2n) is 5.56. The third-order valence-electron chi connectivity index (χ3n) is 4.30. The molecule has 0 spiro atoms. The predicted octanol–water partition coefficient (Wildman–Crippen LogP) is 2.91. The van der Waals surface area contributed by atoms with E-state index in [9.17, 15) is 4.79 Å². The Balaban J connectivity index is 1.86. The first-order valence-electron chi connectivity index (χ1n) is 6.99. The van der Waals surface area contributed by atoms with Crippen LogP contribution in [-0.4, -0.2) is 11.9 Å². The standard InChI is InChI=1S/C14H22N2O/c15-11-14(9-6-10-14)13(17)16-12-7-4-2-1-3-5-8-12/h12H,1-10H2,(H,16,17). The highest BCUT2D eigenvalue weighted by molar-refractivity contribution is 5.86. The van der Waals surface area contributed by atoms with Crippen LogP contribution in [-0.2, 0) is 4.79 Å². The minimum Gasteiger partial charge on any atom is -0.352 e. The second-order valence-corrected chi connectivity index (χ2v) is 5.56. The summed E-state index contributed by atoms with van der Waals surface area (Å²) in [4.78, 5) is 12.1. The van der Waals surface area contributed by atoms with Gasteiger partial charge in [-0.1, -0.05) is 32.1 Å². The van der Waals surface area contributed by atoms with Crippen molar-refractivity contribution in [3.8, 4) is 6.07 Å². The quantitative estimate of drug-likeness (QED) is 0.798. The Kier molecular flexibility index (Phi) is 4.04. The number of rotatable bonds is 2. The minimum absolute atomic E-state index is 0.00294. The Morgan fingerprint density at radius 1 is 1.06 bits per heavy atom. The third kappa shape index (κ3) is 2.80. The predicted molar refractivity (Wildman–Crippen MR) is 66.1 cm³/mol. The van der Waals surface area contributed by atoms with Crippen LogP contribution in [0, 0.1) is 16.7 Å². The van der Waals surface area contributed by atoms with Gasteiger partial charge in [-0.15, -0.1) is 0 Å². The Labute approximate surface area is 104 Å². The van der Waals surface area contributed by atoms with Gasteiger partial charge in [-0.25, -0.2) is 0 Å². The van der Waals surface area contributed by atoms with Crippen LogP contribution in [0.1, 0.15) is 64.2 Å². The number of amides is 1. The van der Waals surface area contributed by atoms with Crippen molar-refractivity contribution >= 4 is 5.91 Å². The van der Waals surface area contributed by atoms with Crippen LogP contribution in [0.3, 0.4) is 0 Å². The molecule has 0 aromatic heterocycles.